The second-order valence-corrected chi connectivity index (χ2v) is 3.80. The SMILES string of the molecule is CNCC(O)C(O)c1cc(F)cc(Cl)c1O. The van der Waals surface area contributed by atoms with E-state index in [9.17, 15) is 19.7 Å². The molecule has 4 nitrogen and oxygen atoms in total. The molecule has 6 heteroatoms. The van der Waals surface area contributed by atoms with Gasteiger partial charge < -0.3 is 20.6 Å². The molecule has 0 fully saturated rings. The maximum Gasteiger partial charge on any atom is 0.140 e. The second kappa shape index (κ2) is 5.45. The maximum atomic E-state index is 13.0. The van der Waals surface area contributed by atoms with Crippen LogP contribution >= 0.6 is 11.6 Å². The van der Waals surface area contributed by atoms with Gasteiger partial charge in [-0.3, -0.25) is 0 Å². The Labute approximate surface area is 97.3 Å². The highest BCUT2D eigenvalue weighted by molar-refractivity contribution is 6.32. The highest BCUT2D eigenvalue weighted by atomic mass is 35.5. The predicted molar refractivity (Wildman–Crippen MR) is 58.0 cm³/mol. The number of phenolic OH excluding ortho intramolecular Hbond substituents is 1. The van der Waals surface area contributed by atoms with E-state index >= 15 is 0 Å². The van der Waals surface area contributed by atoms with Crippen LogP contribution in [-0.2, 0) is 0 Å². The van der Waals surface area contributed by atoms with Gasteiger partial charge in [0.25, 0.3) is 0 Å². The number of benzene rings is 1. The number of phenols is 1. The maximum absolute atomic E-state index is 13.0. The molecule has 0 heterocycles. The lowest BCUT2D eigenvalue weighted by Crippen LogP contribution is -2.29. The highest BCUT2D eigenvalue weighted by Crippen LogP contribution is 2.33. The monoisotopic (exact) mass is 249 g/mol. The van der Waals surface area contributed by atoms with E-state index in [0.717, 1.165) is 12.1 Å². The second-order valence-electron chi connectivity index (χ2n) is 3.40. The van der Waals surface area contributed by atoms with Gasteiger partial charge in [-0.1, -0.05) is 11.6 Å². The third-order valence-electron chi connectivity index (χ3n) is 2.15. The largest absolute Gasteiger partial charge is 0.506 e. The van der Waals surface area contributed by atoms with Crippen molar-refractivity contribution >= 4 is 11.6 Å². The number of aliphatic hydroxyl groups excluding tert-OH is 2. The third-order valence-corrected chi connectivity index (χ3v) is 2.44. The molecule has 0 saturated carbocycles. The van der Waals surface area contributed by atoms with Crippen LogP contribution in [0.25, 0.3) is 0 Å². The molecule has 90 valence electrons. The minimum Gasteiger partial charge on any atom is -0.506 e. The third kappa shape index (κ3) is 2.82. The molecule has 4 N–H and O–H groups in total. The molecule has 0 bridgehead atoms. The van der Waals surface area contributed by atoms with E-state index in [1.165, 1.54) is 0 Å². The molecule has 0 aliphatic carbocycles. The van der Waals surface area contributed by atoms with Crippen LogP contribution in [0.3, 0.4) is 0 Å². The quantitative estimate of drug-likeness (QED) is 0.637. The molecule has 0 spiro atoms. The molecule has 0 aliphatic heterocycles. The first-order chi connectivity index (χ1) is 7.47. The van der Waals surface area contributed by atoms with Gasteiger partial charge in [0.15, 0.2) is 0 Å². The summed E-state index contributed by atoms with van der Waals surface area (Å²) in [6.45, 7) is 0.106. The number of hydrogen-bond acceptors (Lipinski definition) is 4. The summed E-state index contributed by atoms with van der Waals surface area (Å²) in [7, 11) is 1.59. The smallest absolute Gasteiger partial charge is 0.140 e. The lowest BCUT2D eigenvalue weighted by Gasteiger charge is -2.19. The van der Waals surface area contributed by atoms with Crippen LogP contribution in [0.2, 0.25) is 5.02 Å². The van der Waals surface area contributed by atoms with Crippen molar-refractivity contribution < 1.29 is 19.7 Å². The molecule has 2 atom stereocenters. The van der Waals surface area contributed by atoms with E-state index in [2.05, 4.69) is 5.32 Å². The lowest BCUT2D eigenvalue weighted by molar-refractivity contribution is 0.0187. The van der Waals surface area contributed by atoms with Crippen LogP contribution in [0.5, 0.6) is 5.75 Å². The van der Waals surface area contributed by atoms with Crippen molar-refractivity contribution in [2.75, 3.05) is 13.6 Å². The molecule has 2 unspecified atom stereocenters. The van der Waals surface area contributed by atoms with Gasteiger partial charge in [-0.15, -0.1) is 0 Å². The van der Waals surface area contributed by atoms with Gasteiger partial charge in [0.2, 0.25) is 0 Å². The molecule has 1 rings (SSSR count). The summed E-state index contributed by atoms with van der Waals surface area (Å²) >= 11 is 5.55. The minimum absolute atomic E-state index is 0.106. The topological polar surface area (TPSA) is 72.7 Å². The van der Waals surface area contributed by atoms with Gasteiger partial charge >= 0.3 is 0 Å². The Kier molecular flexibility index (Phi) is 4.49. The number of rotatable bonds is 4. The Morgan fingerprint density at radius 3 is 2.62 bits per heavy atom. The van der Waals surface area contributed by atoms with Crippen molar-refractivity contribution in [2.45, 2.75) is 12.2 Å². The Bertz CT molecular complexity index is 375. The van der Waals surface area contributed by atoms with Crippen LogP contribution in [0, 0.1) is 5.82 Å². The van der Waals surface area contributed by atoms with Crippen molar-refractivity contribution in [3.8, 4) is 5.75 Å². The van der Waals surface area contributed by atoms with E-state index in [4.69, 9.17) is 11.6 Å². The van der Waals surface area contributed by atoms with Gasteiger partial charge in [-0.25, -0.2) is 4.39 Å². The van der Waals surface area contributed by atoms with E-state index < -0.39 is 23.8 Å². The van der Waals surface area contributed by atoms with Crippen LogP contribution in [0.4, 0.5) is 4.39 Å². The molecule has 1 aromatic rings. The number of aliphatic hydroxyl groups is 2. The number of aromatic hydroxyl groups is 1. The number of likely N-dealkylation sites (N-methyl/N-ethyl adjacent to an activating group) is 1. The van der Waals surface area contributed by atoms with Crippen molar-refractivity contribution in [3.05, 3.63) is 28.5 Å². The average Bonchev–Trinajstić information content (AvgIpc) is 2.22. The summed E-state index contributed by atoms with van der Waals surface area (Å²) in [6, 6.07) is 1.86. The van der Waals surface area contributed by atoms with Crippen LogP contribution in [0.15, 0.2) is 12.1 Å². The fourth-order valence-electron chi connectivity index (χ4n) is 1.34. The molecule has 0 radical (unpaired) electrons. The Hall–Kier alpha value is -0.880. The van der Waals surface area contributed by atoms with Crippen molar-refractivity contribution in [2.24, 2.45) is 0 Å². The fourth-order valence-corrected chi connectivity index (χ4v) is 1.55. The Morgan fingerprint density at radius 2 is 2.06 bits per heavy atom. The normalized spacial score (nSPS) is 14.8. The molecular weight excluding hydrogens is 237 g/mol. The van der Waals surface area contributed by atoms with Crippen LogP contribution in [0.1, 0.15) is 11.7 Å². The summed E-state index contributed by atoms with van der Waals surface area (Å²) in [4.78, 5) is 0. The predicted octanol–water partition coefficient (Wildman–Crippen LogP) is 0.798. The molecule has 0 amide bonds. The van der Waals surface area contributed by atoms with Gasteiger partial charge in [-0.05, 0) is 19.2 Å². The van der Waals surface area contributed by atoms with E-state index in [0.29, 0.717) is 0 Å². The number of nitrogens with one attached hydrogen (secondary N) is 1. The van der Waals surface area contributed by atoms with Gasteiger partial charge in [0.05, 0.1) is 11.1 Å². The van der Waals surface area contributed by atoms with Gasteiger partial charge in [0.1, 0.15) is 17.7 Å². The van der Waals surface area contributed by atoms with E-state index in [-0.39, 0.29) is 17.1 Å². The first-order valence-electron chi connectivity index (χ1n) is 4.66. The van der Waals surface area contributed by atoms with Crippen LogP contribution < -0.4 is 5.32 Å². The van der Waals surface area contributed by atoms with Crippen molar-refractivity contribution in [3.63, 3.8) is 0 Å². The van der Waals surface area contributed by atoms with E-state index in [1.54, 1.807) is 7.05 Å². The molecule has 16 heavy (non-hydrogen) atoms. The summed E-state index contributed by atoms with van der Waals surface area (Å²) in [6.07, 6.45) is -2.56. The molecular formula is C10H13ClFNO3. The highest BCUT2D eigenvalue weighted by Gasteiger charge is 2.22. The zero-order valence-corrected chi connectivity index (χ0v) is 9.37. The first-order valence-corrected chi connectivity index (χ1v) is 5.03. The number of halogens is 2. The van der Waals surface area contributed by atoms with Crippen LogP contribution in [-0.4, -0.2) is 35.0 Å². The van der Waals surface area contributed by atoms with Crippen molar-refractivity contribution in [1.82, 2.24) is 5.32 Å². The minimum atomic E-state index is -1.40. The molecule has 0 saturated heterocycles. The fraction of sp³-hybridized carbons (Fsp3) is 0.400. The molecule has 1 aromatic carbocycles. The summed E-state index contributed by atoms with van der Waals surface area (Å²) in [5.41, 5.74) is -0.132. The standard InChI is InChI=1S/C10H13ClFNO3/c1-13-4-8(14)10(16)6-2-5(12)3-7(11)9(6)15/h2-3,8,10,13-16H,4H2,1H3. The molecule has 0 aliphatic rings. The van der Waals surface area contributed by atoms with Gasteiger partial charge in [-0.2, -0.15) is 0 Å². The zero-order valence-electron chi connectivity index (χ0n) is 8.61. The van der Waals surface area contributed by atoms with Crippen molar-refractivity contribution in [1.29, 1.82) is 0 Å². The summed E-state index contributed by atoms with van der Waals surface area (Å²) in [5, 5.41) is 31.1. The first kappa shape index (κ1) is 13.2. The summed E-state index contributed by atoms with van der Waals surface area (Å²) in [5.74, 6) is -1.11. The number of hydrogen-bond donors (Lipinski definition) is 4. The van der Waals surface area contributed by atoms with Gasteiger partial charge in [0, 0.05) is 12.1 Å². The Balaban J connectivity index is 3.03. The Morgan fingerprint density at radius 1 is 1.44 bits per heavy atom. The lowest BCUT2D eigenvalue weighted by atomic mass is 10.0. The molecule has 0 aromatic heterocycles. The van der Waals surface area contributed by atoms with E-state index in [1.807, 2.05) is 0 Å². The summed E-state index contributed by atoms with van der Waals surface area (Å²) < 4.78 is 13.0. The zero-order chi connectivity index (χ0) is 12.3. The average molecular weight is 250 g/mol.